The van der Waals surface area contributed by atoms with Gasteiger partial charge in [-0.1, -0.05) is 11.8 Å². The smallest absolute Gasteiger partial charge is 0.129 e. The summed E-state index contributed by atoms with van der Waals surface area (Å²) in [4.78, 5) is 0. The van der Waals surface area contributed by atoms with Gasteiger partial charge >= 0.3 is 0 Å². The number of ether oxygens (including phenoxy) is 1. The first-order valence-corrected chi connectivity index (χ1v) is 6.24. The Hall–Kier alpha value is -2.82. The summed E-state index contributed by atoms with van der Waals surface area (Å²) in [7, 11) is 0. The van der Waals surface area contributed by atoms with Gasteiger partial charge in [-0.15, -0.1) is 0 Å². The number of aliphatic hydroxyl groups excluding tert-OH is 1. The van der Waals surface area contributed by atoms with Gasteiger partial charge in [-0.05, 0) is 42.5 Å². The first-order valence-electron chi connectivity index (χ1n) is 6.24. The molecule has 2 rings (SSSR count). The SMILES string of the molecule is N#Cc1ccc(F)c(COc2ccc(C#CCO)cc2)c1. The maximum atomic E-state index is 13.6. The van der Waals surface area contributed by atoms with Crippen LogP contribution in [-0.4, -0.2) is 11.7 Å². The highest BCUT2D eigenvalue weighted by atomic mass is 19.1. The van der Waals surface area contributed by atoms with Gasteiger partial charge in [-0.3, -0.25) is 0 Å². The molecule has 104 valence electrons. The van der Waals surface area contributed by atoms with Crippen LogP contribution in [0, 0.1) is 29.0 Å². The maximum absolute atomic E-state index is 13.6. The molecule has 0 amide bonds. The summed E-state index contributed by atoms with van der Waals surface area (Å²) < 4.78 is 19.1. The zero-order valence-corrected chi connectivity index (χ0v) is 11.1. The summed E-state index contributed by atoms with van der Waals surface area (Å²) in [6, 6.07) is 13.0. The second-order valence-corrected chi connectivity index (χ2v) is 4.19. The van der Waals surface area contributed by atoms with Crippen LogP contribution in [-0.2, 0) is 6.61 Å². The van der Waals surface area contributed by atoms with Crippen molar-refractivity contribution in [2.45, 2.75) is 6.61 Å². The number of hydrogen-bond acceptors (Lipinski definition) is 3. The zero-order valence-electron chi connectivity index (χ0n) is 11.1. The van der Waals surface area contributed by atoms with Crippen LogP contribution in [0.3, 0.4) is 0 Å². The molecule has 0 aromatic heterocycles. The Morgan fingerprint density at radius 3 is 2.48 bits per heavy atom. The average molecular weight is 281 g/mol. The molecular weight excluding hydrogens is 269 g/mol. The van der Waals surface area contributed by atoms with Crippen LogP contribution >= 0.6 is 0 Å². The monoisotopic (exact) mass is 281 g/mol. The quantitative estimate of drug-likeness (QED) is 0.880. The zero-order chi connectivity index (χ0) is 15.1. The van der Waals surface area contributed by atoms with Gasteiger partial charge in [0.05, 0.1) is 11.6 Å². The molecule has 0 saturated heterocycles. The molecule has 0 heterocycles. The van der Waals surface area contributed by atoms with Gasteiger partial charge in [0.2, 0.25) is 0 Å². The Balaban J connectivity index is 2.05. The lowest BCUT2D eigenvalue weighted by Gasteiger charge is -2.07. The molecule has 2 aromatic rings. The van der Waals surface area contributed by atoms with Crippen LogP contribution in [0.5, 0.6) is 5.75 Å². The lowest BCUT2D eigenvalue weighted by molar-refractivity contribution is 0.300. The number of halogens is 1. The van der Waals surface area contributed by atoms with E-state index in [0.29, 0.717) is 16.9 Å². The Bertz CT molecular complexity index is 721. The Morgan fingerprint density at radius 1 is 1.10 bits per heavy atom. The van der Waals surface area contributed by atoms with E-state index >= 15 is 0 Å². The summed E-state index contributed by atoms with van der Waals surface area (Å²) in [6.07, 6.45) is 0. The van der Waals surface area contributed by atoms with Crippen molar-refractivity contribution in [2.24, 2.45) is 0 Å². The van der Waals surface area contributed by atoms with Gasteiger partial charge < -0.3 is 9.84 Å². The van der Waals surface area contributed by atoms with Crippen molar-refractivity contribution in [3.63, 3.8) is 0 Å². The van der Waals surface area contributed by atoms with E-state index in [4.69, 9.17) is 15.1 Å². The highest BCUT2D eigenvalue weighted by Gasteiger charge is 2.04. The molecular formula is C17H12FNO2. The molecule has 21 heavy (non-hydrogen) atoms. The minimum Gasteiger partial charge on any atom is -0.489 e. The third-order valence-electron chi connectivity index (χ3n) is 2.74. The van der Waals surface area contributed by atoms with E-state index in [1.54, 1.807) is 24.3 Å². The molecule has 0 bridgehead atoms. The predicted molar refractivity (Wildman–Crippen MR) is 75.9 cm³/mol. The fraction of sp³-hybridized carbons (Fsp3) is 0.118. The van der Waals surface area contributed by atoms with Crippen molar-refractivity contribution in [2.75, 3.05) is 6.61 Å². The van der Waals surface area contributed by atoms with Crippen LogP contribution in [0.15, 0.2) is 42.5 Å². The van der Waals surface area contributed by atoms with E-state index in [1.807, 2.05) is 6.07 Å². The molecule has 0 radical (unpaired) electrons. The molecule has 0 aliphatic heterocycles. The Morgan fingerprint density at radius 2 is 1.81 bits per heavy atom. The van der Waals surface area contributed by atoms with Crippen molar-refractivity contribution in [1.29, 1.82) is 5.26 Å². The van der Waals surface area contributed by atoms with Crippen molar-refractivity contribution >= 4 is 0 Å². The van der Waals surface area contributed by atoms with Crippen LogP contribution < -0.4 is 4.74 Å². The largest absolute Gasteiger partial charge is 0.489 e. The maximum Gasteiger partial charge on any atom is 0.129 e. The van der Waals surface area contributed by atoms with E-state index in [9.17, 15) is 4.39 Å². The van der Waals surface area contributed by atoms with Crippen molar-refractivity contribution in [3.05, 3.63) is 65.0 Å². The molecule has 0 aliphatic carbocycles. The molecule has 2 aromatic carbocycles. The first kappa shape index (κ1) is 14.6. The summed E-state index contributed by atoms with van der Waals surface area (Å²) in [6.45, 7) is -0.143. The van der Waals surface area contributed by atoms with Gasteiger partial charge in [-0.25, -0.2) is 4.39 Å². The summed E-state index contributed by atoms with van der Waals surface area (Å²) >= 11 is 0. The lowest BCUT2D eigenvalue weighted by atomic mass is 10.1. The molecule has 0 unspecified atom stereocenters. The van der Waals surface area contributed by atoms with Crippen molar-refractivity contribution in [3.8, 4) is 23.7 Å². The number of hydrogen-bond donors (Lipinski definition) is 1. The fourth-order valence-corrected chi connectivity index (χ4v) is 1.69. The van der Waals surface area contributed by atoms with Gasteiger partial charge in [0, 0.05) is 11.1 Å². The van der Waals surface area contributed by atoms with Crippen molar-refractivity contribution in [1.82, 2.24) is 0 Å². The average Bonchev–Trinajstić information content (AvgIpc) is 2.53. The van der Waals surface area contributed by atoms with Crippen LogP contribution in [0.1, 0.15) is 16.7 Å². The third kappa shape index (κ3) is 4.07. The molecule has 0 aliphatic rings. The van der Waals surface area contributed by atoms with Gasteiger partial charge in [-0.2, -0.15) is 5.26 Å². The van der Waals surface area contributed by atoms with E-state index in [0.717, 1.165) is 5.56 Å². The third-order valence-corrected chi connectivity index (χ3v) is 2.74. The highest BCUT2D eigenvalue weighted by molar-refractivity contribution is 5.38. The minimum absolute atomic E-state index is 0.0447. The van der Waals surface area contributed by atoms with Gasteiger partial charge in [0.25, 0.3) is 0 Å². The number of benzene rings is 2. The number of aliphatic hydroxyl groups is 1. The number of nitriles is 1. The first-order chi connectivity index (χ1) is 10.2. The molecule has 0 fully saturated rings. The van der Waals surface area contributed by atoms with Crippen LogP contribution in [0.2, 0.25) is 0 Å². The minimum atomic E-state index is -0.403. The molecule has 0 saturated carbocycles. The highest BCUT2D eigenvalue weighted by Crippen LogP contribution is 2.16. The summed E-state index contributed by atoms with van der Waals surface area (Å²) in [5.74, 6) is 5.49. The van der Waals surface area contributed by atoms with E-state index in [1.165, 1.54) is 18.2 Å². The van der Waals surface area contributed by atoms with Crippen LogP contribution in [0.4, 0.5) is 4.39 Å². The number of rotatable bonds is 3. The normalized spacial score (nSPS) is 9.38. The topological polar surface area (TPSA) is 53.2 Å². The van der Waals surface area contributed by atoms with E-state index in [2.05, 4.69) is 11.8 Å². The second kappa shape index (κ2) is 7.09. The summed E-state index contributed by atoms with van der Waals surface area (Å²) in [5.41, 5.74) is 1.48. The van der Waals surface area contributed by atoms with E-state index in [-0.39, 0.29) is 13.2 Å². The predicted octanol–water partition coefficient (Wildman–Crippen LogP) is 2.62. The standard InChI is InChI=1S/C17H12FNO2/c18-17-8-5-14(11-19)10-15(17)12-21-16-6-3-13(4-7-16)2-1-9-20/h3-8,10,20H,9,12H2. The second-order valence-electron chi connectivity index (χ2n) is 4.19. The molecule has 0 atom stereocenters. The molecule has 4 heteroatoms. The Labute approximate surface area is 122 Å². The van der Waals surface area contributed by atoms with Gasteiger partial charge in [0.1, 0.15) is 24.8 Å². The Kier molecular flexibility index (Phi) is 4.93. The lowest BCUT2D eigenvalue weighted by Crippen LogP contribution is -1.99. The number of nitrogens with zero attached hydrogens (tertiary/aromatic N) is 1. The van der Waals surface area contributed by atoms with E-state index < -0.39 is 5.82 Å². The molecule has 1 N–H and O–H groups in total. The molecule has 0 spiro atoms. The fourth-order valence-electron chi connectivity index (χ4n) is 1.69. The summed E-state index contributed by atoms with van der Waals surface area (Å²) in [5, 5.41) is 17.4. The molecule has 3 nitrogen and oxygen atoms in total. The van der Waals surface area contributed by atoms with Crippen molar-refractivity contribution < 1.29 is 14.2 Å². The van der Waals surface area contributed by atoms with Gasteiger partial charge in [0.15, 0.2) is 0 Å². The van der Waals surface area contributed by atoms with Crippen LogP contribution in [0.25, 0.3) is 0 Å².